The van der Waals surface area contributed by atoms with Crippen LogP contribution in [0.25, 0.3) is 0 Å². The molecule has 0 bridgehead atoms. The minimum Gasteiger partial charge on any atom is -0.258 e. The fourth-order valence-electron chi connectivity index (χ4n) is 2.14. The van der Waals surface area contributed by atoms with E-state index in [2.05, 4.69) is 6.92 Å². The van der Waals surface area contributed by atoms with Gasteiger partial charge in [0.2, 0.25) is 0 Å². The lowest BCUT2D eigenvalue weighted by Crippen LogP contribution is -2.06. The number of non-ortho nitro benzene ring substituents is 1. The molecule has 0 unspecified atom stereocenters. The molecule has 0 spiro atoms. The van der Waals surface area contributed by atoms with E-state index in [0.29, 0.717) is 6.42 Å². The van der Waals surface area contributed by atoms with Crippen LogP contribution in [-0.2, 0) is 9.84 Å². The number of nitro groups is 1. The van der Waals surface area contributed by atoms with Crippen molar-refractivity contribution >= 4 is 15.5 Å². The minimum atomic E-state index is -3.32. The van der Waals surface area contributed by atoms with Crippen LogP contribution >= 0.6 is 0 Å². The highest BCUT2D eigenvalue weighted by atomic mass is 32.2. The zero-order valence-electron chi connectivity index (χ0n) is 12.5. The second kappa shape index (κ2) is 8.77. The minimum absolute atomic E-state index is 0.0927. The van der Waals surface area contributed by atoms with Gasteiger partial charge in [-0.25, -0.2) is 8.42 Å². The molecule has 0 atom stereocenters. The molecule has 0 aliphatic rings. The number of rotatable bonds is 10. The maximum Gasteiger partial charge on any atom is 0.269 e. The third-order valence-electron chi connectivity index (χ3n) is 3.42. The van der Waals surface area contributed by atoms with Gasteiger partial charge in [0.15, 0.2) is 9.84 Å². The van der Waals surface area contributed by atoms with Gasteiger partial charge in [-0.3, -0.25) is 10.1 Å². The lowest BCUT2D eigenvalue weighted by atomic mass is 10.1. The predicted octanol–water partition coefficient (Wildman–Crippen LogP) is 4.12. The molecular formula is C15H23NO4S. The molecule has 1 aromatic rings. The van der Waals surface area contributed by atoms with Crippen molar-refractivity contribution in [2.45, 2.75) is 56.8 Å². The number of unbranched alkanes of at least 4 members (excludes halogenated alkanes) is 6. The number of benzene rings is 1. The molecule has 1 rings (SSSR count). The third-order valence-corrected chi connectivity index (χ3v) is 5.24. The van der Waals surface area contributed by atoms with Gasteiger partial charge in [-0.2, -0.15) is 0 Å². The molecule has 0 radical (unpaired) electrons. The Morgan fingerprint density at radius 3 is 2.00 bits per heavy atom. The summed E-state index contributed by atoms with van der Waals surface area (Å²) in [7, 11) is -3.32. The number of hydrogen-bond acceptors (Lipinski definition) is 4. The Bertz CT molecular complexity index is 537. The highest BCUT2D eigenvalue weighted by Gasteiger charge is 2.15. The van der Waals surface area contributed by atoms with Gasteiger partial charge in [0.1, 0.15) is 0 Å². The molecule has 0 amide bonds. The Morgan fingerprint density at radius 1 is 0.952 bits per heavy atom. The Kier molecular flexibility index (Phi) is 7.36. The summed E-state index contributed by atoms with van der Waals surface area (Å²) in [5.41, 5.74) is -0.0927. The summed E-state index contributed by atoms with van der Waals surface area (Å²) in [6, 6.07) is 5.10. The summed E-state index contributed by atoms with van der Waals surface area (Å²) < 4.78 is 24.2. The quantitative estimate of drug-likeness (QED) is 0.370. The van der Waals surface area contributed by atoms with Crippen LogP contribution in [0.15, 0.2) is 29.2 Å². The summed E-state index contributed by atoms with van der Waals surface area (Å²) in [4.78, 5) is 10.2. The summed E-state index contributed by atoms with van der Waals surface area (Å²) in [6.07, 6.45) is 7.43. The highest BCUT2D eigenvalue weighted by Crippen LogP contribution is 2.18. The van der Waals surface area contributed by atoms with E-state index in [1.54, 1.807) is 0 Å². The van der Waals surface area contributed by atoms with E-state index in [1.165, 1.54) is 43.5 Å². The van der Waals surface area contributed by atoms with Crippen LogP contribution in [0.4, 0.5) is 5.69 Å². The zero-order chi connectivity index (χ0) is 15.7. The van der Waals surface area contributed by atoms with Gasteiger partial charge in [-0.15, -0.1) is 0 Å². The molecule has 0 saturated heterocycles. The number of hydrogen-bond donors (Lipinski definition) is 0. The lowest BCUT2D eigenvalue weighted by Gasteiger charge is -2.04. The molecule has 0 aliphatic heterocycles. The van der Waals surface area contributed by atoms with Crippen LogP contribution in [0, 0.1) is 10.1 Å². The van der Waals surface area contributed by atoms with Crippen molar-refractivity contribution in [3.63, 3.8) is 0 Å². The Hall–Kier alpha value is -1.43. The van der Waals surface area contributed by atoms with Gasteiger partial charge >= 0.3 is 0 Å². The van der Waals surface area contributed by atoms with Crippen molar-refractivity contribution in [1.29, 1.82) is 0 Å². The van der Waals surface area contributed by atoms with Gasteiger partial charge in [0, 0.05) is 12.1 Å². The van der Waals surface area contributed by atoms with Crippen molar-refractivity contribution in [2.75, 3.05) is 5.75 Å². The van der Waals surface area contributed by atoms with Crippen LogP contribution in [0.1, 0.15) is 51.9 Å². The predicted molar refractivity (Wildman–Crippen MR) is 83.1 cm³/mol. The Balaban J connectivity index is 2.41. The smallest absolute Gasteiger partial charge is 0.258 e. The van der Waals surface area contributed by atoms with Crippen LogP contribution in [0.5, 0.6) is 0 Å². The van der Waals surface area contributed by atoms with Crippen LogP contribution < -0.4 is 0 Å². The second-order valence-corrected chi connectivity index (χ2v) is 7.30. The van der Waals surface area contributed by atoms with E-state index < -0.39 is 14.8 Å². The second-order valence-electron chi connectivity index (χ2n) is 5.19. The number of sulfone groups is 1. The first-order chi connectivity index (χ1) is 9.97. The van der Waals surface area contributed by atoms with Crippen LogP contribution in [0.3, 0.4) is 0 Å². The fourth-order valence-corrected chi connectivity index (χ4v) is 3.51. The monoisotopic (exact) mass is 313 g/mol. The van der Waals surface area contributed by atoms with E-state index in [-0.39, 0.29) is 16.3 Å². The lowest BCUT2D eigenvalue weighted by molar-refractivity contribution is -0.384. The molecular weight excluding hydrogens is 290 g/mol. The average Bonchev–Trinajstić information content (AvgIpc) is 2.46. The molecule has 6 heteroatoms. The van der Waals surface area contributed by atoms with Crippen molar-refractivity contribution < 1.29 is 13.3 Å². The van der Waals surface area contributed by atoms with E-state index in [9.17, 15) is 18.5 Å². The van der Waals surface area contributed by atoms with Crippen molar-refractivity contribution in [2.24, 2.45) is 0 Å². The summed E-state index contributed by atoms with van der Waals surface area (Å²) in [5, 5.41) is 10.5. The Labute approximate surface area is 126 Å². The molecule has 0 aliphatic carbocycles. The van der Waals surface area contributed by atoms with Gasteiger partial charge < -0.3 is 0 Å². The first-order valence-corrected chi connectivity index (χ1v) is 9.10. The molecule has 0 aromatic heterocycles. The van der Waals surface area contributed by atoms with Crippen LogP contribution in [0.2, 0.25) is 0 Å². The standard InChI is InChI=1S/C15H23NO4S/c1-2-3-4-5-6-7-8-13-21(19,20)15-11-9-14(10-12-15)16(17)18/h9-12H,2-8,13H2,1H3. The summed E-state index contributed by atoms with van der Waals surface area (Å²) >= 11 is 0. The third kappa shape index (κ3) is 6.25. The fraction of sp³-hybridized carbons (Fsp3) is 0.600. The van der Waals surface area contributed by atoms with Crippen LogP contribution in [-0.4, -0.2) is 19.1 Å². The molecule has 0 N–H and O–H groups in total. The Morgan fingerprint density at radius 2 is 1.48 bits per heavy atom. The van der Waals surface area contributed by atoms with Gasteiger partial charge in [-0.05, 0) is 18.6 Å². The molecule has 0 fully saturated rings. The molecule has 118 valence electrons. The SMILES string of the molecule is CCCCCCCCCS(=O)(=O)c1ccc([N+](=O)[O-])cc1. The first kappa shape index (κ1) is 17.6. The largest absolute Gasteiger partial charge is 0.269 e. The van der Waals surface area contributed by atoms with Gasteiger partial charge in [0.25, 0.3) is 5.69 Å². The van der Waals surface area contributed by atoms with Gasteiger partial charge in [0.05, 0.1) is 15.6 Å². The van der Waals surface area contributed by atoms with E-state index in [0.717, 1.165) is 19.3 Å². The molecule has 21 heavy (non-hydrogen) atoms. The molecule has 5 nitrogen and oxygen atoms in total. The summed E-state index contributed by atoms with van der Waals surface area (Å²) in [6.45, 7) is 2.16. The molecule has 1 aromatic carbocycles. The van der Waals surface area contributed by atoms with Crippen molar-refractivity contribution in [1.82, 2.24) is 0 Å². The zero-order valence-corrected chi connectivity index (χ0v) is 13.3. The van der Waals surface area contributed by atoms with Crippen molar-refractivity contribution in [3.05, 3.63) is 34.4 Å². The van der Waals surface area contributed by atoms with Gasteiger partial charge in [-0.1, -0.05) is 45.4 Å². The summed E-state index contributed by atoms with van der Waals surface area (Å²) in [5.74, 6) is 0.110. The maximum absolute atomic E-state index is 12.1. The topological polar surface area (TPSA) is 77.3 Å². The van der Waals surface area contributed by atoms with E-state index >= 15 is 0 Å². The van der Waals surface area contributed by atoms with E-state index in [1.807, 2.05) is 0 Å². The number of nitro benzene ring substituents is 1. The number of nitrogens with zero attached hydrogens (tertiary/aromatic N) is 1. The molecule has 0 heterocycles. The van der Waals surface area contributed by atoms with E-state index in [4.69, 9.17) is 0 Å². The first-order valence-electron chi connectivity index (χ1n) is 7.44. The normalized spacial score (nSPS) is 11.5. The highest BCUT2D eigenvalue weighted by molar-refractivity contribution is 7.91. The van der Waals surface area contributed by atoms with Crippen molar-refractivity contribution in [3.8, 4) is 0 Å². The molecule has 0 saturated carbocycles. The average molecular weight is 313 g/mol. The maximum atomic E-state index is 12.1.